The Morgan fingerprint density at radius 3 is 2.95 bits per heavy atom. The number of aryl methyl sites for hydroxylation is 2. The lowest BCUT2D eigenvalue weighted by molar-refractivity contribution is 0.239. The van der Waals surface area contributed by atoms with Crippen LogP contribution in [0.3, 0.4) is 0 Å². The van der Waals surface area contributed by atoms with Crippen molar-refractivity contribution in [3.05, 3.63) is 10.6 Å². The van der Waals surface area contributed by atoms with E-state index in [0.29, 0.717) is 5.13 Å². The molecule has 5 nitrogen and oxygen atoms in total. The van der Waals surface area contributed by atoms with Crippen LogP contribution >= 0.6 is 23.3 Å². The molecule has 1 aliphatic rings. The molecule has 0 bridgehead atoms. The number of piperidine rings is 1. The van der Waals surface area contributed by atoms with Crippen LogP contribution in [-0.2, 0) is 0 Å². The molecule has 1 fully saturated rings. The van der Waals surface area contributed by atoms with Crippen molar-refractivity contribution in [3.63, 3.8) is 0 Å². The number of carbonyl (C=O) groups is 1. The van der Waals surface area contributed by atoms with Gasteiger partial charge in [0.2, 0.25) is 0 Å². The first kappa shape index (κ1) is 14.6. The van der Waals surface area contributed by atoms with Crippen molar-refractivity contribution in [3.8, 4) is 0 Å². The van der Waals surface area contributed by atoms with Crippen LogP contribution in [0.15, 0.2) is 0 Å². The zero-order valence-corrected chi connectivity index (χ0v) is 13.2. The Bertz CT molecular complexity index is 429. The highest BCUT2D eigenvalue weighted by molar-refractivity contribution is 7.96. The van der Waals surface area contributed by atoms with E-state index in [1.807, 2.05) is 13.8 Å². The van der Waals surface area contributed by atoms with Crippen molar-refractivity contribution in [2.45, 2.75) is 32.7 Å². The number of anilines is 1. The molecular formula is C12H20N4OS2. The van der Waals surface area contributed by atoms with Gasteiger partial charge in [0.1, 0.15) is 0 Å². The molecule has 1 aromatic heterocycles. The summed E-state index contributed by atoms with van der Waals surface area (Å²) in [5.74, 6) is 0. The highest BCUT2D eigenvalue weighted by Crippen LogP contribution is 2.21. The van der Waals surface area contributed by atoms with Gasteiger partial charge in [0.05, 0.1) is 5.69 Å². The van der Waals surface area contributed by atoms with Crippen LogP contribution in [0.2, 0.25) is 0 Å². The molecule has 1 aliphatic heterocycles. The van der Waals surface area contributed by atoms with E-state index in [-0.39, 0.29) is 12.1 Å². The van der Waals surface area contributed by atoms with Crippen molar-refractivity contribution in [2.75, 3.05) is 24.7 Å². The van der Waals surface area contributed by atoms with Crippen LogP contribution in [0.25, 0.3) is 0 Å². The fourth-order valence-corrected chi connectivity index (χ4v) is 3.52. The van der Waals surface area contributed by atoms with E-state index in [9.17, 15) is 4.79 Å². The number of amides is 2. The van der Waals surface area contributed by atoms with Gasteiger partial charge in [-0.3, -0.25) is 5.32 Å². The molecule has 1 atom stereocenters. The lowest BCUT2D eigenvalue weighted by atomic mass is 10.1. The molecule has 0 radical (unpaired) electrons. The summed E-state index contributed by atoms with van der Waals surface area (Å²) in [4.78, 5) is 17.4. The largest absolute Gasteiger partial charge is 0.334 e. The Hall–Kier alpha value is -0.790. The van der Waals surface area contributed by atoms with Gasteiger partial charge in [-0.15, -0.1) is 11.3 Å². The molecule has 0 aliphatic carbocycles. The number of thiazole rings is 1. The maximum Gasteiger partial charge on any atom is 0.321 e. The van der Waals surface area contributed by atoms with E-state index in [0.717, 1.165) is 36.5 Å². The second-order valence-corrected chi connectivity index (χ2v) is 6.75. The number of hydrogen-bond acceptors (Lipinski definition) is 5. The summed E-state index contributed by atoms with van der Waals surface area (Å²) in [5, 5.41) is 6.51. The molecule has 2 amide bonds. The van der Waals surface area contributed by atoms with Gasteiger partial charge in [0.15, 0.2) is 5.13 Å². The number of urea groups is 1. The molecule has 1 saturated heterocycles. The Morgan fingerprint density at radius 1 is 1.53 bits per heavy atom. The van der Waals surface area contributed by atoms with Gasteiger partial charge in [-0.05, 0) is 32.9 Å². The Kier molecular flexibility index (Phi) is 5.06. The second-order valence-electron chi connectivity index (χ2n) is 4.67. The Morgan fingerprint density at radius 2 is 2.32 bits per heavy atom. The van der Waals surface area contributed by atoms with Gasteiger partial charge in [0.25, 0.3) is 0 Å². The number of hydrogen-bond donors (Lipinski definition) is 2. The number of carbonyl (C=O) groups excluding carboxylic acids is 1. The monoisotopic (exact) mass is 300 g/mol. The summed E-state index contributed by atoms with van der Waals surface area (Å²) in [5.41, 5.74) is 0.978. The third-order valence-electron chi connectivity index (χ3n) is 3.23. The van der Waals surface area contributed by atoms with E-state index < -0.39 is 0 Å². The van der Waals surface area contributed by atoms with Crippen LogP contribution in [0.5, 0.6) is 0 Å². The van der Waals surface area contributed by atoms with Crippen molar-refractivity contribution < 1.29 is 4.79 Å². The fraction of sp³-hybridized carbons (Fsp3) is 0.667. The summed E-state index contributed by atoms with van der Waals surface area (Å²) in [6, 6.07) is 0.0741. The molecule has 106 valence electrons. The number of nitrogens with one attached hydrogen (secondary N) is 2. The normalized spacial score (nSPS) is 20.3. The maximum absolute atomic E-state index is 11.9. The highest BCUT2D eigenvalue weighted by atomic mass is 32.2. The predicted octanol–water partition coefficient (Wildman–Crippen LogP) is 2.62. The van der Waals surface area contributed by atoms with Crippen molar-refractivity contribution in [2.24, 2.45) is 0 Å². The predicted molar refractivity (Wildman–Crippen MR) is 81.9 cm³/mol. The van der Waals surface area contributed by atoms with Gasteiger partial charge in [-0.2, -0.15) is 0 Å². The summed E-state index contributed by atoms with van der Waals surface area (Å²) in [7, 11) is 0. The molecule has 1 unspecified atom stereocenters. The minimum absolute atomic E-state index is 0.151. The van der Waals surface area contributed by atoms with Crippen LogP contribution in [0.1, 0.15) is 23.4 Å². The van der Waals surface area contributed by atoms with Crippen molar-refractivity contribution in [1.29, 1.82) is 0 Å². The molecule has 0 spiro atoms. The van der Waals surface area contributed by atoms with E-state index >= 15 is 0 Å². The van der Waals surface area contributed by atoms with Gasteiger partial charge >= 0.3 is 6.03 Å². The van der Waals surface area contributed by atoms with Crippen LogP contribution in [0, 0.1) is 13.8 Å². The summed E-state index contributed by atoms with van der Waals surface area (Å²) < 4.78 is 2.28. The molecule has 2 N–H and O–H groups in total. The van der Waals surface area contributed by atoms with Crippen LogP contribution < -0.4 is 10.6 Å². The molecule has 2 heterocycles. The first-order chi connectivity index (χ1) is 9.08. The smallest absolute Gasteiger partial charge is 0.321 e. The van der Waals surface area contributed by atoms with Gasteiger partial charge in [-0.25, -0.2) is 14.1 Å². The molecule has 19 heavy (non-hydrogen) atoms. The quantitative estimate of drug-likeness (QED) is 0.843. The SMILES string of the molecule is CSN1CCCC(NC(=O)Nc2nc(C)c(C)s2)C1. The topological polar surface area (TPSA) is 57.3 Å². The molecule has 1 aromatic rings. The van der Waals surface area contributed by atoms with Gasteiger partial charge < -0.3 is 5.32 Å². The van der Waals surface area contributed by atoms with Crippen molar-refractivity contribution >= 4 is 34.4 Å². The third kappa shape index (κ3) is 4.09. The average Bonchev–Trinajstić information content (AvgIpc) is 2.68. The first-order valence-corrected chi connectivity index (χ1v) is 8.39. The van der Waals surface area contributed by atoms with Crippen molar-refractivity contribution in [1.82, 2.24) is 14.6 Å². The lowest BCUT2D eigenvalue weighted by Gasteiger charge is -2.31. The van der Waals surface area contributed by atoms with E-state index in [1.165, 1.54) is 11.3 Å². The fourth-order valence-electron chi connectivity index (χ4n) is 2.07. The Labute approximate surface area is 122 Å². The average molecular weight is 300 g/mol. The molecular weight excluding hydrogens is 280 g/mol. The molecule has 2 rings (SSSR count). The number of nitrogens with zero attached hydrogens (tertiary/aromatic N) is 2. The molecule has 0 saturated carbocycles. The third-order valence-corrected chi connectivity index (χ3v) is 5.06. The van der Waals surface area contributed by atoms with E-state index in [4.69, 9.17) is 0 Å². The van der Waals surface area contributed by atoms with E-state index in [1.54, 1.807) is 11.9 Å². The summed E-state index contributed by atoms with van der Waals surface area (Å²) in [6.45, 7) is 5.97. The van der Waals surface area contributed by atoms with E-state index in [2.05, 4.69) is 26.2 Å². The maximum atomic E-state index is 11.9. The van der Waals surface area contributed by atoms with Crippen LogP contribution in [0.4, 0.5) is 9.93 Å². The molecule has 7 heteroatoms. The summed E-state index contributed by atoms with van der Waals surface area (Å²) >= 11 is 3.25. The van der Waals surface area contributed by atoms with Crippen LogP contribution in [-0.4, -0.2) is 40.7 Å². The standard InChI is InChI=1S/C12H20N4OS2/c1-8-9(2)19-12(13-8)15-11(17)14-10-5-4-6-16(7-10)18-3/h10H,4-7H2,1-3H3,(H2,13,14,15,17). The van der Waals surface area contributed by atoms with Gasteiger partial charge in [-0.1, -0.05) is 11.9 Å². The number of aromatic nitrogens is 1. The lowest BCUT2D eigenvalue weighted by Crippen LogP contribution is -2.46. The van der Waals surface area contributed by atoms with Gasteiger partial charge in [0, 0.05) is 24.0 Å². The second kappa shape index (κ2) is 6.58. The number of rotatable bonds is 3. The Balaban J connectivity index is 1.83. The zero-order valence-electron chi connectivity index (χ0n) is 11.5. The zero-order chi connectivity index (χ0) is 13.8. The first-order valence-electron chi connectivity index (χ1n) is 6.39. The summed E-state index contributed by atoms with van der Waals surface area (Å²) in [6.07, 6.45) is 4.24. The highest BCUT2D eigenvalue weighted by Gasteiger charge is 2.21. The molecule has 0 aromatic carbocycles. The minimum Gasteiger partial charge on any atom is -0.334 e. The minimum atomic E-state index is -0.151.